The van der Waals surface area contributed by atoms with Crippen LogP contribution in [0.25, 0.3) is 0 Å². The number of esters is 2. The fourth-order valence-corrected chi connectivity index (χ4v) is 3.62. The Morgan fingerprint density at radius 1 is 0.639 bits per heavy atom. The SMILES string of the molecule is CC1C/C=C\C/C=C\C/C=C\CCCCC(=O)O1.CCC1/C=C\C/C=C\C/C=C\CCCCC(=O)O1. The van der Waals surface area contributed by atoms with Crippen molar-refractivity contribution in [3.8, 4) is 0 Å². The zero-order chi connectivity index (χ0) is 26.1. The van der Waals surface area contributed by atoms with Gasteiger partial charge in [0.05, 0.1) is 0 Å². The van der Waals surface area contributed by atoms with E-state index in [2.05, 4.69) is 66.8 Å². The lowest BCUT2D eigenvalue weighted by molar-refractivity contribution is -0.148. The number of hydrogen-bond donors (Lipinski definition) is 0. The van der Waals surface area contributed by atoms with E-state index in [1.165, 1.54) is 0 Å². The lowest BCUT2D eigenvalue weighted by Gasteiger charge is -2.11. The Kier molecular flexibility index (Phi) is 19.9. The molecule has 36 heavy (non-hydrogen) atoms. The minimum Gasteiger partial charge on any atom is -0.462 e. The third-order valence-corrected chi connectivity index (χ3v) is 5.76. The standard InChI is InChI=1S/2C16H24O2/c1-15-13-11-9-7-5-3-2-4-6-8-10-12-14-16(17)18-15;1-2-15-13-11-9-7-5-3-4-6-8-10-12-14-16(17)18-15/h3-6,9,11,15H,2,7-8,10,12-14H2,1H3;4-7,11,13,15H,2-3,8-10,12,14H2,1H3/b5-3-,6-4-,11-9-;6-4-,7-5-,13-11-. The van der Waals surface area contributed by atoms with Crippen LogP contribution in [-0.2, 0) is 19.1 Å². The number of carbonyl (C=O) groups is 2. The first kappa shape index (κ1) is 31.4. The van der Waals surface area contributed by atoms with Crippen LogP contribution in [0, 0.1) is 0 Å². The van der Waals surface area contributed by atoms with E-state index < -0.39 is 0 Å². The molecule has 0 aromatic heterocycles. The van der Waals surface area contributed by atoms with Crippen molar-refractivity contribution in [1.82, 2.24) is 0 Å². The molecule has 0 aromatic rings. The number of allylic oxidation sites excluding steroid dienone is 10. The molecule has 0 saturated heterocycles. The summed E-state index contributed by atoms with van der Waals surface area (Å²) in [5.74, 6) is -0.132. The molecule has 2 aliphatic heterocycles. The maximum absolute atomic E-state index is 11.6. The molecule has 0 radical (unpaired) electrons. The summed E-state index contributed by atoms with van der Waals surface area (Å²) in [4.78, 5) is 23.1. The third kappa shape index (κ3) is 19.7. The van der Waals surface area contributed by atoms with Gasteiger partial charge in [0.15, 0.2) is 0 Å². The van der Waals surface area contributed by atoms with E-state index in [0.29, 0.717) is 12.8 Å². The van der Waals surface area contributed by atoms with Crippen LogP contribution in [0.2, 0.25) is 0 Å². The molecule has 4 nitrogen and oxygen atoms in total. The molecule has 2 unspecified atom stereocenters. The summed E-state index contributed by atoms with van der Waals surface area (Å²) in [5.41, 5.74) is 0. The van der Waals surface area contributed by atoms with Crippen molar-refractivity contribution in [3.05, 3.63) is 72.9 Å². The van der Waals surface area contributed by atoms with E-state index >= 15 is 0 Å². The molecule has 2 heterocycles. The Labute approximate surface area is 219 Å². The molecule has 2 rings (SSSR count). The largest absolute Gasteiger partial charge is 0.462 e. The molecular formula is C32H48O4. The predicted octanol–water partition coefficient (Wildman–Crippen LogP) is 8.66. The molecular weight excluding hydrogens is 448 g/mol. The van der Waals surface area contributed by atoms with Crippen molar-refractivity contribution in [2.24, 2.45) is 0 Å². The van der Waals surface area contributed by atoms with Gasteiger partial charge in [-0.25, -0.2) is 0 Å². The quantitative estimate of drug-likeness (QED) is 0.269. The van der Waals surface area contributed by atoms with Crippen molar-refractivity contribution in [2.75, 3.05) is 0 Å². The van der Waals surface area contributed by atoms with Crippen LogP contribution < -0.4 is 0 Å². The van der Waals surface area contributed by atoms with E-state index in [-0.39, 0.29) is 24.1 Å². The van der Waals surface area contributed by atoms with E-state index in [9.17, 15) is 9.59 Å². The smallest absolute Gasteiger partial charge is 0.306 e. The highest BCUT2D eigenvalue weighted by atomic mass is 16.5. The van der Waals surface area contributed by atoms with Crippen LogP contribution in [0.1, 0.15) is 104 Å². The Bertz CT molecular complexity index is 754. The fraction of sp³-hybridized carbons (Fsp3) is 0.562. The summed E-state index contributed by atoms with van der Waals surface area (Å²) in [6.45, 7) is 3.99. The maximum atomic E-state index is 11.6. The van der Waals surface area contributed by atoms with Gasteiger partial charge in [-0.1, -0.05) is 73.8 Å². The van der Waals surface area contributed by atoms with E-state index in [0.717, 1.165) is 77.0 Å². The molecule has 0 aromatic carbocycles. The monoisotopic (exact) mass is 496 g/mol. The van der Waals surface area contributed by atoms with Crippen LogP contribution in [0.5, 0.6) is 0 Å². The molecule has 0 aliphatic carbocycles. The Hall–Kier alpha value is -2.62. The third-order valence-electron chi connectivity index (χ3n) is 5.76. The van der Waals surface area contributed by atoms with Crippen LogP contribution in [0.15, 0.2) is 72.9 Å². The molecule has 0 N–H and O–H groups in total. The molecule has 0 saturated carbocycles. The number of rotatable bonds is 1. The van der Waals surface area contributed by atoms with Gasteiger partial charge in [0.2, 0.25) is 0 Å². The zero-order valence-corrected chi connectivity index (χ0v) is 22.6. The van der Waals surface area contributed by atoms with E-state index in [1.807, 2.05) is 19.9 Å². The predicted molar refractivity (Wildman–Crippen MR) is 151 cm³/mol. The molecule has 0 amide bonds. The highest BCUT2D eigenvalue weighted by Gasteiger charge is 2.09. The Balaban J connectivity index is 0.000000360. The Morgan fingerprint density at radius 2 is 1.11 bits per heavy atom. The summed E-state index contributed by atoms with van der Waals surface area (Å²) in [5, 5.41) is 0. The van der Waals surface area contributed by atoms with Gasteiger partial charge < -0.3 is 9.47 Å². The number of carbonyl (C=O) groups excluding carboxylic acids is 2. The number of cyclic esters (lactones) is 2. The van der Waals surface area contributed by atoms with Gasteiger partial charge in [0, 0.05) is 19.3 Å². The fourth-order valence-electron chi connectivity index (χ4n) is 3.62. The molecule has 0 bridgehead atoms. The van der Waals surface area contributed by atoms with Gasteiger partial charge in [-0.2, -0.15) is 0 Å². The second-order valence-electron chi connectivity index (χ2n) is 9.19. The molecule has 0 spiro atoms. The van der Waals surface area contributed by atoms with Gasteiger partial charge in [-0.3, -0.25) is 9.59 Å². The summed E-state index contributed by atoms with van der Waals surface area (Å²) in [7, 11) is 0. The highest BCUT2D eigenvalue weighted by Crippen LogP contribution is 2.09. The van der Waals surface area contributed by atoms with Crippen LogP contribution in [0.3, 0.4) is 0 Å². The van der Waals surface area contributed by atoms with E-state index in [1.54, 1.807) is 0 Å². The second-order valence-corrected chi connectivity index (χ2v) is 9.19. The maximum Gasteiger partial charge on any atom is 0.306 e. The van der Waals surface area contributed by atoms with Crippen molar-refractivity contribution < 1.29 is 19.1 Å². The van der Waals surface area contributed by atoms with Crippen molar-refractivity contribution in [1.29, 1.82) is 0 Å². The first-order valence-electron chi connectivity index (χ1n) is 13.9. The number of ether oxygens (including phenoxy) is 2. The van der Waals surface area contributed by atoms with E-state index in [4.69, 9.17) is 9.47 Å². The van der Waals surface area contributed by atoms with Gasteiger partial charge in [-0.05, 0) is 83.6 Å². The van der Waals surface area contributed by atoms with Gasteiger partial charge in [-0.15, -0.1) is 0 Å². The molecule has 4 heteroatoms. The average molecular weight is 497 g/mol. The van der Waals surface area contributed by atoms with Crippen molar-refractivity contribution in [3.63, 3.8) is 0 Å². The van der Waals surface area contributed by atoms with Crippen LogP contribution >= 0.6 is 0 Å². The summed E-state index contributed by atoms with van der Waals surface area (Å²) >= 11 is 0. The summed E-state index contributed by atoms with van der Waals surface area (Å²) in [6, 6.07) is 0. The number of hydrogen-bond acceptors (Lipinski definition) is 4. The Morgan fingerprint density at radius 3 is 1.67 bits per heavy atom. The molecule has 2 atom stereocenters. The summed E-state index contributed by atoms with van der Waals surface area (Å²) in [6.07, 6.45) is 38.3. The topological polar surface area (TPSA) is 52.6 Å². The lowest BCUT2D eigenvalue weighted by atomic mass is 10.1. The average Bonchev–Trinajstić information content (AvgIpc) is 2.86. The minimum atomic E-state index is -0.0686. The molecule has 2 aliphatic rings. The lowest BCUT2D eigenvalue weighted by Crippen LogP contribution is -2.14. The van der Waals surface area contributed by atoms with Crippen LogP contribution in [-0.4, -0.2) is 24.1 Å². The van der Waals surface area contributed by atoms with Crippen LogP contribution in [0.4, 0.5) is 0 Å². The molecule has 0 fully saturated rings. The van der Waals surface area contributed by atoms with Gasteiger partial charge in [0.25, 0.3) is 0 Å². The molecule has 200 valence electrons. The van der Waals surface area contributed by atoms with Gasteiger partial charge in [0.1, 0.15) is 12.2 Å². The first-order valence-corrected chi connectivity index (χ1v) is 13.9. The highest BCUT2D eigenvalue weighted by molar-refractivity contribution is 5.69. The van der Waals surface area contributed by atoms with Crippen molar-refractivity contribution >= 4 is 11.9 Å². The van der Waals surface area contributed by atoms with Gasteiger partial charge >= 0.3 is 11.9 Å². The normalized spacial score (nSPS) is 28.8. The summed E-state index contributed by atoms with van der Waals surface area (Å²) < 4.78 is 10.7. The zero-order valence-electron chi connectivity index (χ0n) is 22.6. The minimum absolute atomic E-state index is 0.00877. The second kappa shape index (κ2) is 22.8. The van der Waals surface area contributed by atoms with Crippen molar-refractivity contribution in [2.45, 2.75) is 116 Å². The first-order chi connectivity index (χ1) is 17.6.